The fourth-order valence-electron chi connectivity index (χ4n) is 1.42. The molecule has 0 saturated heterocycles. The lowest BCUT2D eigenvalue weighted by Gasteiger charge is -2.30. The Kier molecular flexibility index (Phi) is 12.3. The van der Waals surface area contributed by atoms with Gasteiger partial charge in [0.1, 0.15) is 15.7 Å². The highest BCUT2D eigenvalue weighted by molar-refractivity contribution is 6.13. The fraction of sp³-hybridized carbons (Fsp3) is 0.857. The second-order valence-electron chi connectivity index (χ2n) is 4.55. The topological polar surface area (TPSA) is 46.2 Å². The molecule has 0 unspecified atom stereocenters. The van der Waals surface area contributed by atoms with Gasteiger partial charge in [0, 0.05) is 20.8 Å². The maximum Gasteiger partial charge on any atom is 0.144 e. The van der Waals surface area contributed by atoms with Crippen LogP contribution in [0.2, 0.25) is 0 Å². The molecule has 0 aromatic rings. The minimum atomic E-state index is -0.816. The molecule has 0 fully saturated rings. The lowest BCUT2D eigenvalue weighted by Crippen LogP contribution is -2.39. The summed E-state index contributed by atoms with van der Waals surface area (Å²) in [7, 11) is 6.83. The van der Waals surface area contributed by atoms with Gasteiger partial charge in [-0.25, -0.2) is 0 Å². The van der Waals surface area contributed by atoms with Crippen LogP contribution in [-0.4, -0.2) is 69.5 Å². The molecule has 5 nitrogen and oxygen atoms in total. The number of ether oxygens (including phenoxy) is 5. The molecule has 6 heteroatoms. The van der Waals surface area contributed by atoms with E-state index < -0.39 is 5.41 Å². The molecule has 3 radical (unpaired) electrons. The quantitative estimate of drug-likeness (QED) is 0.211. The highest BCUT2D eigenvalue weighted by Gasteiger charge is 2.25. The minimum absolute atomic E-state index is 0.458. The fourth-order valence-corrected chi connectivity index (χ4v) is 1.80. The van der Waals surface area contributed by atoms with Crippen molar-refractivity contribution in [2.75, 3.05) is 53.9 Å². The zero-order chi connectivity index (χ0) is 15.3. The van der Waals surface area contributed by atoms with Gasteiger partial charge in [-0.3, -0.25) is 0 Å². The van der Waals surface area contributed by atoms with Crippen LogP contribution in [-0.2, 0) is 23.7 Å². The molecule has 117 valence electrons. The van der Waals surface area contributed by atoms with E-state index in [9.17, 15) is 0 Å². The average molecular weight is 303 g/mol. The molecule has 0 aliphatic heterocycles. The molecule has 0 aliphatic rings. The minimum Gasteiger partial charge on any atom is -0.382 e. The van der Waals surface area contributed by atoms with E-state index in [-0.39, 0.29) is 0 Å². The van der Waals surface area contributed by atoms with Gasteiger partial charge in [-0.05, 0) is 19.8 Å². The van der Waals surface area contributed by atoms with Gasteiger partial charge < -0.3 is 23.7 Å². The predicted molar refractivity (Wildman–Crippen MR) is 79.0 cm³/mol. The Hall–Kier alpha value is -0.243. The first-order valence-corrected chi connectivity index (χ1v) is 7.27. The Labute approximate surface area is 126 Å². The van der Waals surface area contributed by atoms with Crippen LogP contribution in [0.5, 0.6) is 0 Å². The van der Waals surface area contributed by atoms with Gasteiger partial charge in [0.25, 0.3) is 0 Å². The Morgan fingerprint density at radius 1 is 1.00 bits per heavy atom. The van der Waals surface area contributed by atoms with Gasteiger partial charge in [0.05, 0.1) is 33.0 Å². The number of hydrogen-bond donors (Lipinski definition) is 0. The third-order valence-corrected chi connectivity index (χ3v) is 2.93. The van der Waals surface area contributed by atoms with Gasteiger partial charge in [0.2, 0.25) is 0 Å². The van der Waals surface area contributed by atoms with E-state index in [0.717, 1.165) is 12.0 Å². The van der Waals surface area contributed by atoms with Crippen LogP contribution in [0.1, 0.15) is 19.8 Å². The molecule has 0 spiro atoms. The van der Waals surface area contributed by atoms with Crippen molar-refractivity contribution in [2.45, 2.75) is 25.2 Å². The van der Waals surface area contributed by atoms with E-state index in [4.69, 9.17) is 23.7 Å². The zero-order valence-electron chi connectivity index (χ0n) is 12.9. The normalized spacial score (nSPS) is 11.8. The van der Waals surface area contributed by atoms with Gasteiger partial charge in [-0.15, -0.1) is 0 Å². The SMILES string of the molecule is C=C(C)COCCCC([Si])(OCCOC)OCCOC. The standard InChI is InChI=1S/C14H27O5Si/c1-13(2)12-17-7-5-6-14(20,18-10-8-15-3)19-11-9-16-4/h1,5-12H2,2-4H3. The van der Waals surface area contributed by atoms with E-state index in [0.29, 0.717) is 46.1 Å². The molecule has 0 heterocycles. The Morgan fingerprint density at radius 2 is 1.55 bits per heavy atom. The van der Waals surface area contributed by atoms with E-state index in [2.05, 4.69) is 16.8 Å². The van der Waals surface area contributed by atoms with Crippen LogP contribution in [0.4, 0.5) is 0 Å². The van der Waals surface area contributed by atoms with Crippen molar-refractivity contribution in [2.24, 2.45) is 0 Å². The van der Waals surface area contributed by atoms with Crippen LogP contribution in [0.3, 0.4) is 0 Å². The Bertz CT molecular complexity index is 238. The van der Waals surface area contributed by atoms with E-state index >= 15 is 0 Å². The smallest absolute Gasteiger partial charge is 0.144 e. The molecule has 20 heavy (non-hydrogen) atoms. The summed E-state index contributed by atoms with van der Waals surface area (Å²) in [6, 6.07) is 0. The molecule has 0 aliphatic carbocycles. The van der Waals surface area contributed by atoms with Crippen LogP contribution in [0, 0.1) is 0 Å². The number of rotatable bonds is 14. The summed E-state index contributed by atoms with van der Waals surface area (Å²) in [5.41, 5.74) is 0.200. The maximum atomic E-state index is 5.68. The van der Waals surface area contributed by atoms with E-state index in [1.807, 2.05) is 6.92 Å². The third kappa shape index (κ3) is 11.6. The van der Waals surface area contributed by atoms with E-state index in [1.165, 1.54) is 0 Å². The highest BCUT2D eigenvalue weighted by Crippen LogP contribution is 2.16. The van der Waals surface area contributed by atoms with Crippen molar-refractivity contribution in [3.8, 4) is 0 Å². The van der Waals surface area contributed by atoms with Crippen molar-refractivity contribution in [3.63, 3.8) is 0 Å². The average Bonchev–Trinajstić information content (AvgIpc) is 2.39. The largest absolute Gasteiger partial charge is 0.382 e. The molecule has 0 atom stereocenters. The zero-order valence-corrected chi connectivity index (χ0v) is 13.9. The monoisotopic (exact) mass is 303 g/mol. The van der Waals surface area contributed by atoms with Gasteiger partial charge in [0.15, 0.2) is 0 Å². The first-order valence-electron chi connectivity index (χ1n) is 6.77. The lowest BCUT2D eigenvalue weighted by molar-refractivity contribution is -0.194. The maximum absolute atomic E-state index is 5.68. The second-order valence-corrected chi connectivity index (χ2v) is 5.31. The van der Waals surface area contributed by atoms with Crippen molar-refractivity contribution >= 4 is 10.2 Å². The van der Waals surface area contributed by atoms with Crippen molar-refractivity contribution in [3.05, 3.63) is 12.2 Å². The van der Waals surface area contributed by atoms with Crippen LogP contribution in [0.15, 0.2) is 12.2 Å². The summed E-state index contributed by atoms with van der Waals surface area (Å²) in [5.74, 6) is 0. The second kappa shape index (κ2) is 12.5. The van der Waals surface area contributed by atoms with Crippen LogP contribution >= 0.6 is 0 Å². The molecular weight excluding hydrogens is 276 g/mol. The first kappa shape index (κ1) is 19.8. The third-order valence-electron chi connectivity index (χ3n) is 2.39. The van der Waals surface area contributed by atoms with Gasteiger partial charge in [-0.1, -0.05) is 12.2 Å². The number of methoxy groups -OCH3 is 2. The summed E-state index contributed by atoms with van der Waals surface area (Å²) in [6.45, 7) is 8.91. The molecule has 0 bridgehead atoms. The first-order chi connectivity index (χ1) is 9.54. The summed E-state index contributed by atoms with van der Waals surface area (Å²) in [4.78, 5) is 0. The molecular formula is C14H27O5Si. The molecule has 0 rings (SSSR count). The van der Waals surface area contributed by atoms with E-state index in [1.54, 1.807) is 14.2 Å². The highest BCUT2D eigenvalue weighted by atomic mass is 28.1. The number of hydrogen-bond acceptors (Lipinski definition) is 5. The molecule has 0 saturated carbocycles. The van der Waals surface area contributed by atoms with Crippen LogP contribution < -0.4 is 0 Å². The summed E-state index contributed by atoms with van der Waals surface area (Å²) in [5, 5.41) is 0. The summed E-state index contributed by atoms with van der Waals surface area (Å²) in [6.07, 6.45) is 1.49. The van der Waals surface area contributed by atoms with Gasteiger partial charge >= 0.3 is 0 Å². The van der Waals surface area contributed by atoms with Gasteiger partial charge in [-0.2, -0.15) is 0 Å². The molecule has 0 aromatic heterocycles. The van der Waals surface area contributed by atoms with Crippen LogP contribution in [0.25, 0.3) is 0 Å². The molecule has 0 aromatic carbocycles. The Balaban J connectivity index is 3.98. The lowest BCUT2D eigenvalue weighted by atomic mass is 10.3. The molecule has 0 amide bonds. The van der Waals surface area contributed by atoms with Crippen molar-refractivity contribution in [1.82, 2.24) is 0 Å². The summed E-state index contributed by atoms with van der Waals surface area (Å²) < 4.78 is 26.8. The molecule has 0 N–H and O–H groups in total. The predicted octanol–water partition coefficient (Wildman–Crippen LogP) is 1.51. The summed E-state index contributed by atoms with van der Waals surface area (Å²) >= 11 is 0. The van der Waals surface area contributed by atoms with Crippen molar-refractivity contribution < 1.29 is 23.7 Å². The van der Waals surface area contributed by atoms with Crippen molar-refractivity contribution in [1.29, 1.82) is 0 Å². The Morgan fingerprint density at radius 3 is 2.00 bits per heavy atom.